The van der Waals surface area contributed by atoms with Crippen LogP contribution < -0.4 is 5.73 Å². The minimum absolute atomic E-state index is 0.700. The van der Waals surface area contributed by atoms with Gasteiger partial charge in [-0.3, -0.25) is 0 Å². The molecule has 0 aromatic carbocycles. The second-order valence-corrected chi connectivity index (χ2v) is 2.15. The summed E-state index contributed by atoms with van der Waals surface area (Å²) in [5, 5.41) is 0. The maximum Gasteiger partial charge on any atom is 0.0289 e. The van der Waals surface area contributed by atoms with Crippen LogP contribution in [0.5, 0.6) is 0 Å². The summed E-state index contributed by atoms with van der Waals surface area (Å²) in [5.74, 6) is 0. The molecule has 1 rings (SSSR count). The summed E-state index contributed by atoms with van der Waals surface area (Å²) in [6.45, 7) is 0. The standard InChI is InChI=1S/C6H6NS/c7-5-2-1-3-6(8)4-5/h1-2H,4,7H2. The molecular formula is C6H6NS. The summed E-state index contributed by atoms with van der Waals surface area (Å²) >= 11 is 4.82. The highest BCUT2D eigenvalue weighted by atomic mass is 32.1. The molecule has 0 aromatic rings. The van der Waals surface area contributed by atoms with Gasteiger partial charge in [0.15, 0.2) is 0 Å². The van der Waals surface area contributed by atoms with E-state index in [2.05, 4.69) is 6.08 Å². The van der Waals surface area contributed by atoms with Crippen LogP contribution in [0.1, 0.15) is 6.42 Å². The summed E-state index contributed by atoms with van der Waals surface area (Å²) < 4.78 is 0. The number of thiocarbonyl (C=S) groups is 1. The Kier molecular flexibility index (Phi) is 1.44. The largest absolute Gasteiger partial charge is 0.402 e. The first-order valence-electron chi connectivity index (χ1n) is 2.36. The van der Waals surface area contributed by atoms with E-state index in [0.717, 1.165) is 10.6 Å². The molecule has 1 nitrogen and oxygen atoms in total. The van der Waals surface area contributed by atoms with Crippen molar-refractivity contribution in [3.8, 4) is 0 Å². The van der Waals surface area contributed by atoms with Gasteiger partial charge in [0.25, 0.3) is 0 Å². The Balaban J connectivity index is 2.73. The first kappa shape index (κ1) is 5.51. The topological polar surface area (TPSA) is 26.0 Å². The van der Waals surface area contributed by atoms with Crippen LogP contribution in [-0.2, 0) is 0 Å². The summed E-state index contributed by atoms with van der Waals surface area (Å²) in [6.07, 6.45) is 7.13. The van der Waals surface area contributed by atoms with Gasteiger partial charge in [-0.15, -0.1) is 0 Å². The van der Waals surface area contributed by atoms with Crippen molar-refractivity contribution in [2.24, 2.45) is 5.73 Å². The van der Waals surface area contributed by atoms with Crippen molar-refractivity contribution in [1.82, 2.24) is 0 Å². The van der Waals surface area contributed by atoms with Crippen LogP contribution in [0.3, 0.4) is 0 Å². The lowest BCUT2D eigenvalue weighted by atomic mass is 10.1. The second kappa shape index (κ2) is 2.09. The van der Waals surface area contributed by atoms with E-state index in [1.807, 2.05) is 6.08 Å². The third-order valence-corrected chi connectivity index (χ3v) is 1.17. The van der Waals surface area contributed by atoms with E-state index < -0.39 is 0 Å². The molecule has 8 heavy (non-hydrogen) atoms. The zero-order valence-corrected chi connectivity index (χ0v) is 5.16. The van der Waals surface area contributed by atoms with Gasteiger partial charge in [0.1, 0.15) is 0 Å². The SMILES string of the molecule is NC1=CC=[C]C(=S)C1. The summed E-state index contributed by atoms with van der Waals surface area (Å²) in [6, 6.07) is 0. The molecule has 2 N–H and O–H groups in total. The quantitative estimate of drug-likeness (QED) is 0.487. The maximum absolute atomic E-state index is 5.43. The Hall–Kier alpha value is -0.630. The van der Waals surface area contributed by atoms with Crippen molar-refractivity contribution in [1.29, 1.82) is 0 Å². The molecule has 0 fully saturated rings. The van der Waals surface area contributed by atoms with Crippen molar-refractivity contribution in [3.63, 3.8) is 0 Å². The third kappa shape index (κ3) is 1.17. The van der Waals surface area contributed by atoms with Crippen LogP contribution >= 0.6 is 12.2 Å². The molecule has 0 aliphatic heterocycles. The average Bonchev–Trinajstić information content (AvgIpc) is 1.64. The molecule has 0 amide bonds. The number of nitrogens with two attached hydrogens (primary N) is 1. The number of hydrogen-bond donors (Lipinski definition) is 1. The van der Waals surface area contributed by atoms with Gasteiger partial charge in [0, 0.05) is 17.0 Å². The Morgan fingerprint density at radius 3 is 2.88 bits per heavy atom. The molecule has 0 saturated carbocycles. The Morgan fingerprint density at radius 1 is 1.75 bits per heavy atom. The van der Waals surface area contributed by atoms with Crippen molar-refractivity contribution in [2.45, 2.75) is 6.42 Å². The molecule has 2 heteroatoms. The van der Waals surface area contributed by atoms with Crippen LogP contribution in [0.2, 0.25) is 0 Å². The van der Waals surface area contributed by atoms with Gasteiger partial charge in [0.05, 0.1) is 0 Å². The minimum atomic E-state index is 0.700. The predicted octanol–water partition coefficient (Wildman–Crippen LogP) is 0.962. The second-order valence-electron chi connectivity index (χ2n) is 1.65. The Morgan fingerprint density at radius 2 is 2.50 bits per heavy atom. The molecule has 0 spiro atoms. The van der Waals surface area contributed by atoms with E-state index >= 15 is 0 Å². The number of allylic oxidation sites excluding steroid dienone is 4. The van der Waals surface area contributed by atoms with E-state index in [-0.39, 0.29) is 0 Å². The fraction of sp³-hybridized carbons (Fsp3) is 0.167. The lowest BCUT2D eigenvalue weighted by molar-refractivity contribution is 1.21. The Labute approximate surface area is 53.9 Å². The van der Waals surface area contributed by atoms with Crippen LogP contribution in [0.25, 0.3) is 0 Å². The van der Waals surface area contributed by atoms with Crippen LogP contribution in [0.15, 0.2) is 17.8 Å². The van der Waals surface area contributed by atoms with Crippen molar-refractivity contribution in [3.05, 3.63) is 23.9 Å². The lowest BCUT2D eigenvalue weighted by Crippen LogP contribution is -2.05. The molecule has 0 bridgehead atoms. The molecule has 1 aliphatic carbocycles. The highest BCUT2D eigenvalue weighted by Gasteiger charge is 1.97. The number of hydrogen-bond acceptors (Lipinski definition) is 2. The van der Waals surface area contributed by atoms with Gasteiger partial charge < -0.3 is 5.73 Å². The summed E-state index contributed by atoms with van der Waals surface area (Å²) in [7, 11) is 0. The molecular weight excluding hydrogens is 118 g/mol. The van der Waals surface area contributed by atoms with E-state index in [9.17, 15) is 0 Å². The van der Waals surface area contributed by atoms with Crippen LogP contribution in [0, 0.1) is 6.08 Å². The number of rotatable bonds is 0. The lowest BCUT2D eigenvalue weighted by Gasteiger charge is -2.00. The molecule has 1 radical (unpaired) electrons. The van der Waals surface area contributed by atoms with Gasteiger partial charge in [-0.25, -0.2) is 0 Å². The average molecular weight is 124 g/mol. The van der Waals surface area contributed by atoms with Gasteiger partial charge in [-0.05, 0) is 12.2 Å². The monoisotopic (exact) mass is 124 g/mol. The van der Waals surface area contributed by atoms with E-state index in [0.29, 0.717) is 6.42 Å². The van der Waals surface area contributed by atoms with Crippen LogP contribution in [-0.4, -0.2) is 4.86 Å². The van der Waals surface area contributed by atoms with E-state index in [1.165, 1.54) is 0 Å². The highest BCUT2D eigenvalue weighted by Crippen LogP contribution is 2.02. The fourth-order valence-corrected chi connectivity index (χ4v) is 0.772. The maximum atomic E-state index is 5.43. The molecule has 0 heterocycles. The van der Waals surface area contributed by atoms with Crippen molar-refractivity contribution >= 4 is 17.1 Å². The highest BCUT2D eigenvalue weighted by molar-refractivity contribution is 7.80. The zero-order chi connectivity index (χ0) is 5.98. The van der Waals surface area contributed by atoms with Gasteiger partial charge in [0.2, 0.25) is 0 Å². The normalized spacial score (nSPS) is 18.5. The van der Waals surface area contributed by atoms with Gasteiger partial charge in [-0.2, -0.15) is 0 Å². The predicted molar refractivity (Wildman–Crippen MR) is 37.3 cm³/mol. The smallest absolute Gasteiger partial charge is 0.0289 e. The fourth-order valence-electron chi connectivity index (χ4n) is 0.537. The molecule has 41 valence electrons. The van der Waals surface area contributed by atoms with Gasteiger partial charge >= 0.3 is 0 Å². The molecule has 0 aromatic heterocycles. The van der Waals surface area contributed by atoms with Crippen LogP contribution in [0.4, 0.5) is 0 Å². The molecule has 0 unspecified atom stereocenters. The molecule has 0 atom stereocenters. The van der Waals surface area contributed by atoms with Gasteiger partial charge in [-0.1, -0.05) is 18.3 Å². The zero-order valence-electron chi connectivity index (χ0n) is 4.35. The third-order valence-electron chi connectivity index (χ3n) is 0.906. The minimum Gasteiger partial charge on any atom is -0.402 e. The van der Waals surface area contributed by atoms with E-state index in [1.54, 1.807) is 6.08 Å². The first-order valence-corrected chi connectivity index (χ1v) is 2.77. The summed E-state index contributed by atoms with van der Waals surface area (Å²) in [4.78, 5) is 0.796. The molecule has 1 aliphatic rings. The van der Waals surface area contributed by atoms with E-state index in [4.69, 9.17) is 18.0 Å². The summed E-state index contributed by atoms with van der Waals surface area (Å²) in [5.41, 5.74) is 6.26. The Bertz CT molecular complexity index is 167. The van der Waals surface area contributed by atoms with Crippen molar-refractivity contribution in [2.75, 3.05) is 0 Å². The first-order chi connectivity index (χ1) is 3.79. The molecule has 0 saturated heterocycles. The van der Waals surface area contributed by atoms with Crippen molar-refractivity contribution < 1.29 is 0 Å².